The van der Waals surface area contributed by atoms with Gasteiger partial charge in [0.25, 0.3) is 0 Å². The first-order valence-electron chi connectivity index (χ1n) is 6.32. The molecule has 1 heterocycles. The summed E-state index contributed by atoms with van der Waals surface area (Å²) in [4.78, 5) is 0. The number of hydrogen-bond donors (Lipinski definition) is 1. The van der Waals surface area contributed by atoms with Gasteiger partial charge >= 0.3 is 18.1 Å². The zero-order valence-corrected chi connectivity index (χ0v) is 11.6. The van der Waals surface area contributed by atoms with Gasteiger partial charge in [-0.05, 0) is 12.1 Å². The monoisotopic (exact) mass is 354 g/mol. The molecule has 0 unspecified atom stereocenters. The van der Waals surface area contributed by atoms with Gasteiger partial charge in [0.2, 0.25) is 0 Å². The molecule has 0 spiro atoms. The normalized spacial score (nSPS) is 13.5. The highest BCUT2D eigenvalue weighted by molar-refractivity contribution is 5.77. The van der Waals surface area contributed by atoms with Gasteiger partial charge < -0.3 is 4.42 Å². The van der Waals surface area contributed by atoms with E-state index in [1.807, 2.05) is 0 Å². The van der Waals surface area contributed by atoms with Gasteiger partial charge in [-0.15, -0.1) is 0 Å². The van der Waals surface area contributed by atoms with Crippen LogP contribution in [0.25, 0.3) is 11.3 Å². The van der Waals surface area contributed by atoms with E-state index >= 15 is 0 Å². The predicted molar refractivity (Wildman–Crippen MR) is 70.8 cm³/mol. The van der Waals surface area contributed by atoms with Crippen molar-refractivity contribution in [3.8, 4) is 11.3 Å². The van der Waals surface area contributed by atoms with E-state index < -0.39 is 18.1 Å². The molecule has 0 saturated heterocycles. The van der Waals surface area contributed by atoms with Crippen LogP contribution in [0, 0.1) is 0 Å². The third-order valence-electron chi connectivity index (χ3n) is 2.83. The van der Waals surface area contributed by atoms with E-state index in [0.717, 1.165) is 0 Å². The van der Waals surface area contributed by atoms with Crippen molar-refractivity contribution in [3.05, 3.63) is 48.2 Å². The highest BCUT2D eigenvalue weighted by Gasteiger charge is 2.73. The Hall–Kier alpha value is -2.52. The van der Waals surface area contributed by atoms with Crippen LogP contribution in [0.2, 0.25) is 0 Å². The van der Waals surface area contributed by atoms with Crippen molar-refractivity contribution in [3.63, 3.8) is 0 Å². The summed E-state index contributed by atoms with van der Waals surface area (Å²) in [5, 5.41) is 2.70. The predicted octanol–water partition coefficient (Wildman–Crippen LogP) is 4.66. The maximum Gasteiger partial charge on any atom is 0.462 e. The molecule has 0 amide bonds. The van der Waals surface area contributed by atoms with Gasteiger partial charge in [0, 0.05) is 5.56 Å². The van der Waals surface area contributed by atoms with Crippen LogP contribution in [0.3, 0.4) is 0 Å². The zero-order valence-electron chi connectivity index (χ0n) is 11.6. The first-order chi connectivity index (χ1) is 11.0. The highest BCUT2D eigenvalue weighted by Crippen LogP contribution is 2.44. The molecule has 1 aromatic carbocycles. The molecule has 0 radical (unpaired) electrons. The van der Waals surface area contributed by atoms with E-state index in [-0.39, 0.29) is 5.76 Å². The molecule has 0 saturated carbocycles. The lowest BCUT2D eigenvalue weighted by atomic mass is 10.2. The third kappa shape index (κ3) is 3.52. The van der Waals surface area contributed by atoms with Gasteiger partial charge in [-0.3, -0.25) is 0 Å². The lowest BCUT2D eigenvalue weighted by Gasteiger charge is -2.27. The lowest BCUT2D eigenvalue weighted by molar-refractivity contribution is -0.361. The lowest BCUT2D eigenvalue weighted by Crippen LogP contribution is -2.58. The van der Waals surface area contributed by atoms with Crippen molar-refractivity contribution >= 4 is 6.21 Å². The number of halogens is 7. The minimum Gasteiger partial charge on any atom is -0.455 e. The molecule has 0 aliphatic rings. The molecule has 1 aromatic heterocycles. The second kappa shape index (κ2) is 6.17. The van der Waals surface area contributed by atoms with Crippen molar-refractivity contribution < 1.29 is 35.2 Å². The van der Waals surface area contributed by atoms with E-state index in [0.29, 0.717) is 23.0 Å². The number of nitrogens with one attached hydrogen (secondary N) is 1. The van der Waals surface area contributed by atoms with Gasteiger partial charge in [0.1, 0.15) is 11.5 Å². The number of rotatable bonds is 5. The Labute approximate surface area is 130 Å². The molecular formula is C14H9F7N2O. The Morgan fingerprint density at radius 2 is 1.50 bits per heavy atom. The molecule has 2 rings (SSSR count). The molecule has 0 aliphatic carbocycles. The van der Waals surface area contributed by atoms with Crippen molar-refractivity contribution in [1.82, 2.24) is 5.43 Å². The first kappa shape index (κ1) is 17.8. The number of hydrogen-bond acceptors (Lipinski definition) is 3. The fraction of sp³-hybridized carbons (Fsp3) is 0.214. The van der Waals surface area contributed by atoms with Crippen LogP contribution in [-0.2, 0) is 0 Å². The van der Waals surface area contributed by atoms with E-state index in [2.05, 4.69) is 5.10 Å². The topological polar surface area (TPSA) is 37.5 Å². The molecule has 24 heavy (non-hydrogen) atoms. The molecular weight excluding hydrogens is 345 g/mol. The number of nitrogens with zero attached hydrogens (tertiary/aromatic N) is 1. The van der Waals surface area contributed by atoms with Gasteiger partial charge in [0.05, 0.1) is 6.21 Å². The molecule has 10 heteroatoms. The van der Waals surface area contributed by atoms with E-state index in [1.54, 1.807) is 30.3 Å². The van der Waals surface area contributed by atoms with E-state index in [4.69, 9.17) is 4.42 Å². The van der Waals surface area contributed by atoms with Gasteiger partial charge in [0.15, 0.2) is 0 Å². The molecule has 1 N–H and O–H groups in total. The Bertz CT molecular complexity index is 707. The smallest absolute Gasteiger partial charge is 0.455 e. The molecule has 3 nitrogen and oxygen atoms in total. The van der Waals surface area contributed by atoms with Gasteiger partial charge in [-0.1, -0.05) is 30.3 Å². The molecule has 0 aliphatic heterocycles. The summed E-state index contributed by atoms with van der Waals surface area (Å²) in [6.45, 7) is 0. The molecule has 0 atom stereocenters. The van der Waals surface area contributed by atoms with Gasteiger partial charge in [-0.2, -0.15) is 35.8 Å². The Morgan fingerprint density at radius 3 is 2.08 bits per heavy atom. The van der Waals surface area contributed by atoms with E-state index in [9.17, 15) is 30.7 Å². The van der Waals surface area contributed by atoms with Crippen molar-refractivity contribution in [1.29, 1.82) is 0 Å². The molecule has 2 aromatic rings. The average molecular weight is 354 g/mol. The Balaban J connectivity index is 2.08. The van der Waals surface area contributed by atoms with Crippen LogP contribution in [0.5, 0.6) is 0 Å². The molecule has 0 bridgehead atoms. The number of alkyl halides is 7. The minimum atomic E-state index is -6.43. The van der Waals surface area contributed by atoms with Crippen LogP contribution < -0.4 is 5.43 Å². The van der Waals surface area contributed by atoms with Crippen molar-refractivity contribution in [2.24, 2.45) is 5.10 Å². The summed E-state index contributed by atoms with van der Waals surface area (Å²) >= 11 is 0. The fourth-order valence-electron chi connectivity index (χ4n) is 1.60. The SMILES string of the molecule is FC(F)(F)C(F)(F)C(F)(F)N/N=C/c1ccc(-c2ccccc2)o1. The minimum absolute atomic E-state index is 0.118. The third-order valence-corrected chi connectivity index (χ3v) is 2.83. The van der Waals surface area contributed by atoms with Crippen LogP contribution in [0.1, 0.15) is 5.76 Å². The first-order valence-corrected chi connectivity index (χ1v) is 6.32. The summed E-state index contributed by atoms with van der Waals surface area (Å²) in [5.74, 6) is -6.06. The summed E-state index contributed by atoms with van der Waals surface area (Å²) in [6, 6.07) is 5.69. The number of benzene rings is 1. The summed E-state index contributed by atoms with van der Waals surface area (Å²) in [6.07, 6.45) is -5.86. The quantitative estimate of drug-likeness (QED) is 0.367. The fourth-order valence-corrected chi connectivity index (χ4v) is 1.60. The highest BCUT2D eigenvalue weighted by atomic mass is 19.4. The van der Waals surface area contributed by atoms with Crippen LogP contribution in [0.4, 0.5) is 30.7 Å². The van der Waals surface area contributed by atoms with Gasteiger partial charge in [-0.25, -0.2) is 5.43 Å². The number of hydrazone groups is 1. The van der Waals surface area contributed by atoms with Crippen LogP contribution in [-0.4, -0.2) is 24.4 Å². The maximum absolute atomic E-state index is 12.9. The zero-order chi connectivity index (χ0) is 18.0. The summed E-state index contributed by atoms with van der Waals surface area (Å²) in [5.41, 5.74) is 1.16. The standard InChI is InChI=1S/C14H9F7N2O/c15-12(16,13(17,18)19)14(20,21)23-22-8-10-6-7-11(24-10)9-4-2-1-3-5-9/h1-8,23H/b22-8+. The van der Waals surface area contributed by atoms with Crippen LogP contribution >= 0.6 is 0 Å². The summed E-state index contributed by atoms with van der Waals surface area (Å²) in [7, 11) is 0. The average Bonchev–Trinajstić information content (AvgIpc) is 2.95. The van der Waals surface area contributed by atoms with Crippen molar-refractivity contribution in [2.75, 3.05) is 0 Å². The molecule has 0 fully saturated rings. The van der Waals surface area contributed by atoms with Crippen LogP contribution in [0.15, 0.2) is 52.0 Å². The van der Waals surface area contributed by atoms with E-state index in [1.165, 1.54) is 12.1 Å². The van der Waals surface area contributed by atoms with Crippen molar-refractivity contribution in [2.45, 2.75) is 18.1 Å². The Morgan fingerprint density at radius 1 is 0.875 bits per heavy atom. The largest absolute Gasteiger partial charge is 0.462 e. The number of furan rings is 1. The Kier molecular flexibility index (Phi) is 4.59. The second-order valence-corrected chi connectivity index (χ2v) is 4.58. The summed E-state index contributed by atoms with van der Waals surface area (Å²) < 4.78 is 92.1. The maximum atomic E-state index is 12.9. The molecule has 130 valence electrons. The second-order valence-electron chi connectivity index (χ2n) is 4.58.